The van der Waals surface area contributed by atoms with Gasteiger partial charge in [0, 0.05) is 22.5 Å². The van der Waals surface area contributed by atoms with Crippen molar-refractivity contribution in [3.8, 4) is 0 Å². The Hall–Kier alpha value is -1.33. The Morgan fingerprint density at radius 2 is 1.71 bits per heavy atom. The molecule has 0 saturated carbocycles. The molecule has 3 nitrogen and oxygen atoms in total. The molecule has 0 aliphatic carbocycles. The normalized spacial score (nSPS) is 13.0. The quantitative estimate of drug-likeness (QED) is 0.874. The second-order valence-electron chi connectivity index (χ2n) is 5.14. The van der Waals surface area contributed by atoms with Crippen LogP contribution < -0.4 is 5.32 Å². The van der Waals surface area contributed by atoms with Crippen molar-refractivity contribution in [1.29, 1.82) is 0 Å². The summed E-state index contributed by atoms with van der Waals surface area (Å²) in [6.07, 6.45) is 1.22. The smallest absolute Gasteiger partial charge is 0.175 e. The highest BCUT2D eigenvalue weighted by Crippen LogP contribution is 2.29. The largest absolute Gasteiger partial charge is 0.378 e. The molecule has 2 aromatic carbocycles. The molecule has 0 saturated heterocycles. The minimum Gasteiger partial charge on any atom is -0.378 e. The molecule has 112 valence electrons. The molecule has 5 heteroatoms. The van der Waals surface area contributed by atoms with E-state index in [9.17, 15) is 8.42 Å². The SMILES string of the molecule is Cc1cccc(NC(C)c2ccc(S(C)(=O)=O)cc2)c1Br. The molecule has 1 atom stereocenters. The van der Waals surface area contributed by atoms with Crippen LogP contribution in [0.15, 0.2) is 51.8 Å². The summed E-state index contributed by atoms with van der Waals surface area (Å²) in [4.78, 5) is 0.343. The van der Waals surface area contributed by atoms with E-state index in [-0.39, 0.29) is 6.04 Å². The highest BCUT2D eigenvalue weighted by atomic mass is 79.9. The van der Waals surface area contributed by atoms with Gasteiger partial charge < -0.3 is 5.32 Å². The minimum atomic E-state index is -3.14. The van der Waals surface area contributed by atoms with Crippen molar-refractivity contribution in [2.45, 2.75) is 24.8 Å². The Morgan fingerprint density at radius 3 is 2.29 bits per heavy atom. The molecule has 0 aromatic heterocycles. The van der Waals surface area contributed by atoms with Gasteiger partial charge in [0.15, 0.2) is 9.84 Å². The number of rotatable bonds is 4. The van der Waals surface area contributed by atoms with Crippen LogP contribution in [0.3, 0.4) is 0 Å². The average Bonchev–Trinajstić information content (AvgIpc) is 2.43. The van der Waals surface area contributed by atoms with Gasteiger partial charge in [0.1, 0.15) is 0 Å². The van der Waals surface area contributed by atoms with Crippen molar-refractivity contribution in [1.82, 2.24) is 0 Å². The number of hydrogen-bond donors (Lipinski definition) is 1. The first-order chi connectivity index (χ1) is 9.79. The van der Waals surface area contributed by atoms with Gasteiger partial charge in [-0.05, 0) is 59.1 Å². The topological polar surface area (TPSA) is 46.2 Å². The molecule has 0 radical (unpaired) electrons. The number of sulfone groups is 1. The number of halogens is 1. The van der Waals surface area contributed by atoms with Crippen LogP contribution in [0.4, 0.5) is 5.69 Å². The van der Waals surface area contributed by atoms with E-state index in [1.165, 1.54) is 11.8 Å². The summed E-state index contributed by atoms with van der Waals surface area (Å²) in [7, 11) is -3.14. The van der Waals surface area contributed by atoms with Gasteiger partial charge in [-0.15, -0.1) is 0 Å². The zero-order valence-electron chi connectivity index (χ0n) is 12.2. The summed E-state index contributed by atoms with van der Waals surface area (Å²) in [6, 6.07) is 13.1. The van der Waals surface area contributed by atoms with Crippen LogP contribution in [0.5, 0.6) is 0 Å². The van der Waals surface area contributed by atoms with E-state index >= 15 is 0 Å². The van der Waals surface area contributed by atoms with Crippen LogP contribution in [0, 0.1) is 6.92 Å². The molecule has 0 bridgehead atoms. The minimum absolute atomic E-state index is 0.0803. The lowest BCUT2D eigenvalue weighted by Crippen LogP contribution is -2.08. The first-order valence-corrected chi connectivity index (χ1v) is 9.29. The number of anilines is 1. The summed E-state index contributed by atoms with van der Waals surface area (Å²) < 4.78 is 24.0. The van der Waals surface area contributed by atoms with Crippen molar-refractivity contribution in [2.24, 2.45) is 0 Å². The number of nitrogens with one attached hydrogen (secondary N) is 1. The van der Waals surface area contributed by atoms with Gasteiger partial charge in [-0.25, -0.2) is 8.42 Å². The summed E-state index contributed by atoms with van der Waals surface area (Å²) in [5, 5.41) is 3.43. The number of hydrogen-bond acceptors (Lipinski definition) is 3. The van der Waals surface area contributed by atoms with Gasteiger partial charge in [-0.1, -0.05) is 24.3 Å². The fourth-order valence-corrected chi connectivity index (χ4v) is 3.09. The lowest BCUT2D eigenvalue weighted by molar-refractivity contribution is 0.602. The maximum atomic E-state index is 11.5. The van der Waals surface area contributed by atoms with E-state index < -0.39 is 9.84 Å². The van der Waals surface area contributed by atoms with Gasteiger partial charge in [-0.2, -0.15) is 0 Å². The Balaban J connectivity index is 2.21. The van der Waals surface area contributed by atoms with Gasteiger partial charge >= 0.3 is 0 Å². The summed E-state index contributed by atoms with van der Waals surface area (Å²) in [5.41, 5.74) is 3.23. The third kappa shape index (κ3) is 3.86. The number of benzene rings is 2. The molecule has 0 spiro atoms. The van der Waals surface area contributed by atoms with Crippen LogP contribution in [0.1, 0.15) is 24.1 Å². The molecule has 0 aliphatic rings. The number of aryl methyl sites for hydroxylation is 1. The predicted molar refractivity (Wildman–Crippen MR) is 90.5 cm³/mol. The van der Waals surface area contributed by atoms with E-state index in [2.05, 4.69) is 21.2 Å². The lowest BCUT2D eigenvalue weighted by atomic mass is 10.1. The third-order valence-corrected chi connectivity index (χ3v) is 5.55. The molecule has 0 fully saturated rings. The summed E-state index contributed by atoms with van der Waals surface area (Å²) in [6.45, 7) is 4.09. The molecule has 0 aliphatic heterocycles. The van der Waals surface area contributed by atoms with Crippen molar-refractivity contribution in [3.63, 3.8) is 0 Å². The molecule has 0 heterocycles. The van der Waals surface area contributed by atoms with E-state index in [0.29, 0.717) is 4.90 Å². The zero-order valence-corrected chi connectivity index (χ0v) is 14.6. The van der Waals surface area contributed by atoms with Crippen molar-refractivity contribution in [3.05, 3.63) is 58.1 Å². The maximum absolute atomic E-state index is 11.5. The van der Waals surface area contributed by atoms with Gasteiger partial charge in [-0.3, -0.25) is 0 Å². The third-order valence-electron chi connectivity index (χ3n) is 3.37. The summed E-state index contributed by atoms with van der Waals surface area (Å²) in [5.74, 6) is 0. The maximum Gasteiger partial charge on any atom is 0.175 e. The highest BCUT2D eigenvalue weighted by molar-refractivity contribution is 9.10. The molecule has 1 unspecified atom stereocenters. The Labute approximate surface area is 134 Å². The monoisotopic (exact) mass is 367 g/mol. The van der Waals surface area contributed by atoms with Crippen molar-refractivity contribution in [2.75, 3.05) is 11.6 Å². The molecule has 1 N–H and O–H groups in total. The van der Waals surface area contributed by atoms with E-state index in [1.54, 1.807) is 12.1 Å². The van der Waals surface area contributed by atoms with E-state index in [0.717, 1.165) is 15.7 Å². The molecular formula is C16H18BrNO2S. The lowest BCUT2D eigenvalue weighted by Gasteiger charge is -2.18. The standard InChI is InChI=1S/C16H18BrNO2S/c1-11-5-4-6-15(16(11)17)18-12(2)13-7-9-14(10-8-13)21(3,19)20/h4-10,12,18H,1-3H3. The fraction of sp³-hybridized carbons (Fsp3) is 0.250. The molecular weight excluding hydrogens is 350 g/mol. The molecule has 2 aromatic rings. The molecule has 2 rings (SSSR count). The van der Waals surface area contributed by atoms with Crippen LogP contribution in [-0.4, -0.2) is 14.7 Å². The van der Waals surface area contributed by atoms with Gasteiger partial charge in [0.2, 0.25) is 0 Å². The van der Waals surface area contributed by atoms with Crippen LogP contribution in [-0.2, 0) is 9.84 Å². The average molecular weight is 368 g/mol. The van der Waals surface area contributed by atoms with Crippen LogP contribution >= 0.6 is 15.9 Å². The first kappa shape index (κ1) is 16.0. The van der Waals surface area contributed by atoms with Crippen molar-refractivity contribution < 1.29 is 8.42 Å². The van der Waals surface area contributed by atoms with Crippen molar-refractivity contribution >= 4 is 31.5 Å². The molecule has 21 heavy (non-hydrogen) atoms. The van der Waals surface area contributed by atoms with E-state index in [1.807, 2.05) is 44.2 Å². The van der Waals surface area contributed by atoms with Gasteiger partial charge in [0.25, 0.3) is 0 Å². The molecule has 0 amide bonds. The van der Waals surface area contributed by atoms with Gasteiger partial charge in [0.05, 0.1) is 4.90 Å². The summed E-state index contributed by atoms with van der Waals surface area (Å²) >= 11 is 3.58. The second kappa shape index (κ2) is 6.20. The highest BCUT2D eigenvalue weighted by Gasteiger charge is 2.11. The van der Waals surface area contributed by atoms with E-state index in [4.69, 9.17) is 0 Å². The van der Waals surface area contributed by atoms with Crippen LogP contribution in [0.2, 0.25) is 0 Å². The zero-order chi connectivity index (χ0) is 15.6. The second-order valence-corrected chi connectivity index (χ2v) is 7.95. The predicted octanol–water partition coefficient (Wildman–Crippen LogP) is 4.33. The fourth-order valence-electron chi connectivity index (χ4n) is 2.08. The van der Waals surface area contributed by atoms with Crippen LogP contribution in [0.25, 0.3) is 0 Å². The Kier molecular flexibility index (Phi) is 4.74. The Bertz CT molecular complexity index is 739. The Morgan fingerprint density at radius 1 is 1.10 bits per heavy atom. The first-order valence-electron chi connectivity index (χ1n) is 6.60.